The number of hydrogen-bond donors (Lipinski definition) is 1. The van der Waals surface area contributed by atoms with Crippen molar-refractivity contribution < 1.29 is 14.3 Å². The van der Waals surface area contributed by atoms with E-state index >= 15 is 0 Å². The number of piperazine rings is 1. The highest BCUT2D eigenvalue weighted by Gasteiger charge is 2.23. The van der Waals surface area contributed by atoms with Crippen molar-refractivity contribution in [2.24, 2.45) is 0 Å². The second-order valence-corrected chi connectivity index (χ2v) is 7.25. The van der Waals surface area contributed by atoms with Crippen LogP contribution < -0.4 is 9.80 Å². The van der Waals surface area contributed by atoms with Crippen LogP contribution in [0.15, 0.2) is 53.1 Å². The first kappa shape index (κ1) is 19.1. The molecule has 150 valence electrons. The molecule has 0 saturated carbocycles. The van der Waals surface area contributed by atoms with E-state index in [-0.39, 0.29) is 10.6 Å². The lowest BCUT2D eigenvalue weighted by Crippen LogP contribution is -3.13. The zero-order chi connectivity index (χ0) is 20.2. The molecule has 0 amide bonds. The van der Waals surface area contributed by atoms with Crippen molar-refractivity contribution in [2.75, 3.05) is 31.1 Å². The van der Waals surface area contributed by atoms with Crippen LogP contribution in [0.5, 0.6) is 0 Å². The lowest BCUT2D eigenvalue weighted by molar-refractivity contribution is -0.915. The van der Waals surface area contributed by atoms with Gasteiger partial charge in [0.2, 0.25) is 5.82 Å². The molecule has 0 spiro atoms. The Hall–Kier alpha value is -3.26. The van der Waals surface area contributed by atoms with Gasteiger partial charge in [-0.25, -0.2) is 0 Å². The summed E-state index contributed by atoms with van der Waals surface area (Å²) in [5.41, 5.74) is 3.39. The summed E-state index contributed by atoms with van der Waals surface area (Å²) in [7, 11) is 0. The zero-order valence-corrected chi connectivity index (χ0v) is 16.4. The van der Waals surface area contributed by atoms with Crippen molar-refractivity contribution in [1.82, 2.24) is 10.1 Å². The number of nitro groups is 1. The second kappa shape index (κ2) is 8.40. The predicted molar refractivity (Wildman–Crippen MR) is 109 cm³/mol. The summed E-state index contributed by atoms with van der Waals surface area (Å²) in [6.07, 6.45) is 1.01. The molecule has 2 aromatic carbocycles. The smallest absolute Gasteiger partial charge is 0.282 e. The number of aryl methyl sites for hydroxylation is 1. The first-order chi connectivity index (χ1) is 14.1. The average molecular weight is 394 g/mol. The van der Waals surface area contributed by atoms with Crippen LogP contribution in [-0.2, 0) is 13.0 Å². The number of anilines is 1. The van der Waals surface area contributed by atoms with E-state index in [2.05, 4.69) is 34.1 Å². The number of aromatic nitrogens is 2. The largest absolute Gasteiger partial charge is 0.360 e. The van der Waals surface area contributed by atoms with Crippen molar-refractivity contribution in [2.45, 2.75) is 19.9 Å². The molecule has 0 aliphatic carbocycles. The second-order valence-electron chi connectivity index (χ2n) is 7.25. The third-order valence-corrected chi connectivity index (χ3v) is 5.39. The Morgan fingerprint density at radius 2 is 1.79 bits per heavy atom. The minimum absolute atomic E-state index is 0.120. The number of non-ortho nitro benzene ring substituents is 1. The van der Waals surface area contributed by atoms with E-state index in [1.807, 2.05) is 24.3 Å². The third kappa shape index (κ3) is 4.43. The summed E-state index contributed by atoms with van der Waals surface area (Å²) in [6.45, 7) is 6.48. The molecule has 0 bridgehead atoms. The topological polar surface area (TPSA) is 89.7 Å². The zero-order valence-electron chi connectivity index (χ0n) is 16.4. The predicted octanol–water partition coefficient (Wildman–Crippen LogP) is 2.11. The summed E-state index contributed by atoms with van der Waals surface area (Å²) in [5.74, 6) is 1.28. The van der Waals surface area contributed by atoms with Crippen molar-refractivity contribution in [3.63, 3.8) is 0 Å². The van der Waals surface area contributed by atoms with Gasteiger partial charge >= 0.3 is 0 Å². The lowest BCUT2D eigenvalue weighted by atomic mass is 10.1. The monoisotopic (exact) mass is 394 g/mol. The molecular formula is C21H24N5O3+. The maximum Gasteiger partial charge on any atom is 0.282 e. The van der Waals surface area contributed by atoms with Gasteiger partial charge in [0.05, 0.1) is 31.1 Å². The SMILES string of the molecule is CCc1ccc(-c2noc(C[NH+]3CCN(c4ccc([N+](=O)[O-])cc4)CC3)n2)cc1. The maximum absolute atomic E-state index is 10.8. The number of hydrogen-bond acceptors (Lipinski definition) is 6. The molecule has 1 aliphatic rings. The summed E-state index contributed by atoms with van der Waals surface area (Å²) >= 11 is 0. The third-order valence-electron chi connectivity index (χ3n) is 5.39. The van der Waals surface area contributed by atoms with E-state index in [0.29, 0.717) is 18.3 Å². The van der Waals surface area contributed by atoms with Crippen molar-refractivity contribution >= 4 is 11.4 Å². The van der Waals surface area contributed by atoms with Gasteiger partial charge in [-0.3, -0.25) is 10.1 Å². The highest BCUT2D eigenvalue weighted by Crippen LogP contribution is 2.19. The highest BCUT2D eigenvalue weighted by atomic mass is 16.6. The molecule has 0 radical (unpaired) electrons. The molecule has 1 aromatic heterocycles. The summed E-state index contributed by atoms with van der Waals surface area (Å²) < 4.78 is 5.47. The van der Waals surface area contributed by atoms with E-state index in [9.17, 15) is 10.1 Å². The van der Waals surface area contributed by atoms with E-state index in [1.54, 1.807) is 12.1 Å². The van der Waals surface area contributed by atoms with Crippen molar-refractivity contribution in [3.05, 3.63) is 70.1 Å². The van der Waals surface area contributed by atoms with Crippen LogP contribution in [0.1, 0.15) is 18.4 Å². The molecule has 8 heteroatoms. The van der Waals surface area contributed by atoms with E-state index in [0.717, 1.165) is 43.9 Å². The van der Waals surface area contributed by atoms with Gasteiger partial charge in [-0.2, -0.15) is 4.98 Å². The average Bonchev–Trinajstić information content (AvgIpc) is 3.23. The van der Waals surface area contributed by atoms with Crippen molar-refractivity contribution in [1.29, 1.82) is 0 Å². The van der Waals surface area contributed by atoms with Crippen LogP contribution in [0.2, 0.25) is 0 Å². The van der Waals surface area contributed by atoms with Gasteiger partial charge in [0, 0.05) is 23.4 Å². The highest BCUT2D eigenvalue weighted by molar-refractivity contribution is 5.54. The van der Waals surface area contributed by atoms with E-state index < -0.39 is 0 Å². The number of benzene rings is 2. The molecule has 1 N–H and O–H groups in total. The van der Waals surface area contributed by atoms with Crippen LogP contribution in [0.25, 0.3) is 11.4 Å². The van der Waals surface area contributed by atoms with Gasteiger partial charge in [0.1, 0.15) is 0 Å². The summed E-state index contributed by atoms with van der Waals surface area (Å²) in [4.78, 5) is 18.6. The molecule has 3 aromatic rings. The molecule has 1 saturated heterocycles. The fraction of sp³-hybridized carbons (Fsp3) is 0.333. The van der Waals surface area contributed by atoms with Gasteiger partial charge in [-0.05, 0) is 24.1 Å². The minimum atomic E-state index is -0.372. The van der Waals surface area contributed by atoms with Crippen LogP contribution in [-0.4, -0.2) is 41.2 Å². The summed E-state index contributed by atoms with van der Waals surface area (Å²) in [5, 5.41) is 14.9. The standard InChI is InChI=1S/C21H23N5O3/c1-2-16-3-5-17(6-4-16)21-22-20(29-23-21)15-24-11-13-25(14-12-24)18-7-9-19(10-8-18)26(27)28/h3-10H,2,11-15H2,1H3/p+1. The summed E-state index contributed by atoms with van der Waals surface area (Å²) in [6, 6.07) is 15.0. The molecular weight excluding hydrogens is 370 g/mol. The molecule has 1 aliphatic heterocycles. The van der Waals surface area contributed by atoms with E-state index in [4.69, 9.17) is 4.52 Å². The Bertz CT molecular complexity index is 961. The molecule has 0 unspecified atom stereocenters. The Morgan fingerprint density at radius 3 is 2.41 bits per heavy atom. The van der Waals surface area contributed by atoms with Crippen LogP contribution in [0.4, 0.5) is 11.4 Å². The first-order valence-corrected chi connectivity index (χ1v) is 9.87. The van der Waals surface area contributed by atoms with E-state index in [1.165, 1.54) is 10.5 Å². The first-order valence-electron chi connectivity index (χ1n) is 9.87. The Kier molecular flexibility index (Phi) is 5.53. The van der Waals surface area contributed by atoms with Crippen molar-refractivity contribution in [3.8, 4) is 11.4 Å². The Morgan fingerprint density at radius 1 is 1.10 bits per heavy atom. The Balaban J connectivity index is 1.32. The number of nitrogens with one attached hydrogen (secondary N) is 1. The molecule has 8 nitrogen and oxygen atoms in total. The number of nitrogens with zero attached hydrogens (tertiary/aromatic N) is 4. The normalized spacial score (nSPS) is 14.9. The van der Waals surface area contributed by atoms with Crippen LogP contribution >= 0.6 is 0 Å². The lowest BCUT2D eigenvalue weighted by Gasteiger charge is -2.32. The number of nitro benzene ring substituents is 1. The molecule has 29 heavy (non-hydrogen) atoms. The molecule has 2 heterocycles. The van der Waals surface area contributed by atoms with Gasteiger partial charge in [0.15, 0.2) is 6.54 Å². The van der Waals surface area contributed by atoms with Crippen LogP contribution in [0, 0.1) is 10.1 Å². The fourth-order valence-electron chi connectivity index (χ4n) is 3.59. The quantitative estimate of drug-likeness (QED) is 0.509. The molecule has 0 atom stereocenters. The molecule has 4 rings (SSSR count). The van der Waals surface area contributed by atoms with Gasteiger partial charge in [-0.1, -0.05) is 36.3 Å². The van der Waals surface area contributed by atoms with Gasteiger partial charge in [-0.15, -0.1) is 0 Å². The maximum atomic E-state index is 10.8. The number of rotatable bonds is 6. The Labute approximate surface area is 168 Å². The minimum Gasteiger partial charge on any atom is -0.360 e. The van der Waals surface area contributed by atoms with Gasteiger partial charge < -0.3 is 14.3 Å². The van der Waals surface area contributed by atoms with Gasteiger partial charge in [0.25, 0.3) is 11.6 Å². The number of quaternary nitrogens is 1. The fourth-order valence-corrected chi connectivity index (χ4v) is 3.59. The molecule has 1 fully saturated rings. The van der Waals surface area contributed by atoms with Crippen LogP contribution in [0.3, 0.4) is 0 Å².